The minimum absolute atomic E-state index is 0.212. The summed E-state index contributed by atoms with van der Waals surface area (Å²) < 4.78 is 8.94. The Morgan fingerprint density at radius 3 is 2.69 bits per heavy atom. The van der Waals surface area contributed by atoms with Gasteiger partial charge in [-0.05, 0) is 30.5 Å². The van der Waals surface area contributed by atoms with Crippen LogP contribution in [0.4, 0.5) is 17.6 Å². The zero-order valence-electron chi connectivity index (χ0n) is 19.9. The molecular weight excluding hydrogens is 446 g/mol. The highest BCUT2D eigenvalue weighted by atomic mass is 16.5. The number of amides is 1. The van der Waals surface area contributed by atoms with Gasteiger partial charge in [0.15, 0.2) is 17.0 Å². The van der Waals surface area contributed by atoms with Gasteiger partial charge >= 0.3 is 0 Å². The molecule has 0 aliphatic carbocycles. The van der Waals surface area contributed by atoms with Gasteiger partial charge in [0, 0.05) is 45.7 Å². The number of hydrogen-bond donors (Lipinski definition) is 2. The van der Waals surface area contributed by atoms with E-state index in [-0.39, 0.29) is 5.91 Å². The van der Waals surface area contributed by atoms with E-state index in [1.165, 1.54) is 5.56 Å². The number of rotatable bonds is 10. The molecule has 0 saturated carbocycles. The zero-order valence-corrected chi connectivity index (χ0v) is 19.9. The number of methoxy groups -OCH3 is 1. The number of fused-ring (bicyclic) bond motifs is 1. The first-order valence-corrected chi connectivity index (χ1v) is 11.7. The Kier molecular flexibility index (Phi) is 6.47. The Balaban J connectivity index is 1.37. The average molecular weight is 476 g/mol. The van der Waals surface area contributed by atoms with Crippen LogP contribution < -0.4 is 15.4 Å². The highest BCUT2D eigenvalue weighted by molar-refractivity contribution is 5.84. The molecule has 1 saturated heterocycles. The lowest BCUT2D eigenvalue weighted by molar-refractivity contribution is -0.127. The van der Waals surface area contributed by atoms with Crippen LogP contribution in [0.1, 0.15) is 18.4 Å². The molecule has 3 aromatic heterocycles. The standard InChI is InChI=1S/C24H29N9O2/c1-31-19(10-12-27-31)28-24-29-22(25-11-9-17-5-7-18(35-2)8-6-17)21-23(30-24)33(16-26-21)15-14-32-13-3-4-20(32)34/h5-8,10,12,16H,3-4,9,11,13-15H2,1-2H3,(H2,25,28,29,30). The third-order valence-corrected chi connectivity index (χ3v) is 6.17. The first kappa shape index (κ1) is 22.6. The van der Waals surface area contributed by atoms with Gasteiger partial charge in [0.2, 0.25) is 11.9 Å². The van der Waals surface area contributed by atoms with Crippen LogP contribution in [0.15, 0.2) is 42.9 Å². The number of likely N-dealkylation sites (tertiary alicyclic amines) is 1. The van der Waals surface area contributed by atoms with Crippen LogP contribution in [-0.2, 0) is 24.8 Å². The molecule has 0 radical (unpaired) electrons. The molecule has 0 atom stereocenters. The quantitative estimate of drug-likeness (QED) is 0.360. The molecule has 4 heterocycles. The summed E-state index contributed by atoms with van der Waals surface area (Å²) in [6.07, 6.45) is 5.85. The number of carbonyl (C=O) groups excluding carboxylic acids is 1. The number of nitrogens with zero attached hydrogens (tertiary/aromatic N) is 7. The number of hydrogen-bond acceptors (Lipinski definition) is 8. The van der Waals surface area contributed by atoms with E-state index < -0.39 is 0 Å². The molecule has 0 unspecified atom stereocenters. The second-order valence-corrected chi connectivity index (χ2v) is 8.48. The van der Waals surface area contributed by atoms with Crippen molar-refractivity contribution < 1.29 is 9.53 Å². The van der Waals surface area contributed by atoms with Crippen molar-refractivity contribution in [2.24, 2.45) is 7.05 Å². The average Bonchev–Trinajstić information content (AvgIpc) is 3.59. The van der Waals surface area contributed by atoms with E-state index >= 15 is 0 Å². The van der Waals surface area contributed by atoms with Gasteiger partial charge < -0.3 is 24.8 Å². The topological polar surface area (TPSA) is 115 Å². The van der Waals surface area contributed by atoms with E-state index in [1.807, 2.05) is 34.7 Å². The van der Waals surface area contributed by atoms with E-state index in [1.54, 1.807) is 24.3 Å². The first-order chi connectivity index (χ1) is 17.1. The molecule has 1 aliphatic heterocycles. The Labute approximate surface area is 203 Å². The van der Waals surface area contributed by atoms with Crippen LogP contribution in [0.5, 0.6) is 5.75 Å². The number of ether oxygens (including phenoxy) is 1. The largest absolute Gasteiger partial charge is 0.497 e. The van der Waals surface area contributed by atoms with E-state index in [2.05, 4.69) is 32.8 Å². The monoisotopic (exact) mass is 475 g/mol. The predicted molar refractivity (Wildman–Crippen MR) is 133 cm³/mol. The molecule has 0 bridgehead atoms. The van der Waals surface area contributed by atoms with Crippen molar-refractivity contribution >= 4 is 34.7 Å². The Morgan fingerprint density at radius 2 is 1.97 bits per heavy atom. The maximum absolute atomic E-state index is 12.0. The molecule has 2 N–H and O–H groups in total. The molecule has 182 valence electrons. The zero-order chi connectivity index (χ0) is 24.2. The van der Waals surface area contributed by atoms with Crippen molar-refractivity contribution in [2.75, 3.05) is 37.4 Å². The summed E-state index contributed by atoms with van der Waals surface area (Å²) in [5, 5.41) is 10.9. The fourth-order valence-electron chi connectivity index (χ4n) is 4.18. The van der Waals surface area contributed by atoms with Crippen molar-refractivity contribution in [3.63, 3.8) is 0 Å². The van der Waals surface area contributed by atoms with Gasteiger partial charge in [0.05, 0.1) is 19.6 Å². The van der Waals surface area contributed by atoms with Gasteiger partial charge in [-0.15, -0.1) is 0 Å². The number of anilines is 3. The highest BCUT2D eigenvalue weighted by Gasteiger charge is 2.20. The summed E-state index contributed by atoms with van der Waals surface area (Å²) in [7, 11) is 3.52. The van der Waals surface area contributed by atoms with Crippen LogP contribution in [0, 0.1) is 0 Å². The number of aryl methyl sites for hydroxylation is 1. The molecular formula is C24H29N9O2. The molecule has 5 rings (SSSR count). The van der Waals surface area contributed by atoms with Gasteiger partial charge in [-0.3, -0.25) is 9.48 Å². The Hall–Kier alpha value is -4.15. The van der Waals surface area contributed by atoms with E-state index in [9.17, 15) is 4.79 Å². The Morgan fingerprint density at radius 1 is 1.11 bits per heavy atom. The highest BCUT2D eigenvalue weighted by Crippen LogP contribution is 2.23. The second-order valence-electron chi connectivity index (χ2n) is 8.48. The van der Waals surface area contributed by atoms with Crippen LogP contribution in [-0.4, -0.2) is 66.9 Å². The van der Waals surface area contributed by atoms with E-state index in [0.717, 1.165) is 31.0 Å². The van der Waals surface area contributed by atoms with E-state index in [0.29, 0.717) is 49.0 Å². The molecule has 1 fully saturated rings. The third kappa shape index (κ3) is 5.03. The lowest BCUT2D eigenvalue weighted by Crippen LogP contribution is -2.28. The van der Waals surface area contributed by atoms with Crippen molar-refractivity contribution in [1.29, 1.82) is 0 Å². The summed E-state index contributed by atoms with van der Waals surface area (Å²) >= 11 is 0. The van der Waals surface area contributed by atoms with Crippen LogP contribution >= 0.6 is 0 Å². The molecule has 35 heavy (non-hydrogen) atoms. The van der Waals surface area contributed by atoms with Gasteiger partial charge in [-0.2, -0.15) is 15.1 Å². The van der Waals surface area contributed by atoms with Crippen LogP contribution in [0.25, 0.3) is 11.2 Å². The first-order valence-electron chi connectivity index (χ1n) is 11.7. The third-order valence-electron chi connectivity index (χ3n) is 6.17. The SMILES string of the molecule is COc1ccc(CCNc2nc(Nc3ccnn3C)nc3c2ncn3CCN2CCCC2=O)cc1. The number of carbonyl (C=O) groups is 1. The smallest absolute Gasteiger partial charge is 0.232 e. The van der Waals surface area contributed by atoms with Crippen LogP contribution in [0.2, 0.25) is 0 Å². The maximum Gasteiger partial charge on any atom is 0.232 e. The summed E-state index contributed by atoms with van der Waals surface area (Å²) in [6, 6.07) is 9.89. The van der Waals surface area contributed by atoms with E-state index in [4.69, 9.17) is 14.7 Å². The number of nitrogens with one attached hydrogen (secondary N) is 2. The molecule has 11 heteroatoms. The fourth-order valence-corrected chi connectivity index (χ4v) is 4.18. The van der Waals surface area contributed by atoms with Gasteiger partial charge in [0.25, 0.3) is 0 Å². The van der Waals surface area contributed by atoms with Gasteiger partial charge in [-0.1, -0.05) is 12.1 Å². The molecule has 1 aliphatic rings. The number of benzene rings is 1. The molecule has 11 nitrogen and oxygen atoms in total. The van der Waals surface area contributed by atoms with Gasteiger partial charge in [0.1, 0.15) is 11.6 Å². The van der Waals surface area contributed by atoms with Crippen molar-refractivity contribution in [3.05, 3.63) is 48.4 Å². The van der Waals surface area contributed by atoms with Crippen molar-refractivity contribution in [1.82, 2.24) is 34.2 Å². The molecule has 1 amide bonds. The number of imidazole rings is 1. The summed E-state index contributed by atoms with van der Waals surface area (Å²) in [5.74, 6) is 2.94. The molecule has 1 aromatic carbocycles. The lowest BCUT2D eigenvalue weighted by Gasteiger charge is -2.16. The minimum atomic E-state index is 0.212. The second kappa shape index (κ2) is 10.00. The lowest BCUT2D eigenvalue weighted by atomic mass is 10.1. The molecule has 0 spiro atoms. The predicted octanol–water partition coefficient (Wildman–Crippen LogP) is 2.59. The van der Waals surface area contributed by atoms with Crippen molar-refractivity contribution in [2.45, 2.75) is 25.8 Å². The summed E-state index contributed by atoms with van der Waals surface area (Å²) in [5.41, 5.74) is 2.60. The summed E-state index contributed by atoms with van der Waals surface area (Å²) in [6.45, 7) is 2.75. The summed E-state index contributed by atoms with van der Waals surface area (Å²) in [4.78, 5) is 28.0. The fraction of sp³-hybridized carbons (Fsp3) is 0.375. The van der Waals surface area contributed by atoms with Gasteiger partial charge in [-0.25, -0.2) is 4.98 Å². The minimum Gasteiger partial charge on any atom is -0.497 e. The van der Waals surface area contributed by atoms with Crippen LogP contribution in [0.3, 0.4) is 0 Å². The maximum atomic E-state index is 12.0. The number of aromatic nitrogens is 6. The molecule has 4 aromatic rings. The van der Waals surface area contributed by atoms with Crippen molar-refractivity contribution in [3.8, 4) is 5.75 Å². The Bertz CT molecular complexity index is 1310. The normalized spacial score (nSPS) is 13.5.